The molecule has 0 spiro atoms. The monoisotopic (exact) mass is 829 g/mol. The molecule has 14 aromatic rings. The van der Waals surface area contributed by atoms with Crippen LogP contribution in [0, 0.1) is 0 Å². The fourth-order valence-electron chi connectivity index (χ4n) is 13.9. The number of benzene rings is 11. The normalized spacial score (nSPS) is 13.4. The third-order valence-corrected chi connectivity index (χ3v) is 16.3. The molecule has 3 aromatic heterocycles. The Labute approximate surface area is 377 Å². The Morgan fingerprint density at radius 2 is 0.712 bits per heavy atom. The van der Waals surface area contributed by atoms with Crippen molar-refractivity contribution >= 4 is 110 Å². The van der Waals surface area contributed by atoms with Gasteiger partial charge >= 0.3 is 0 Å². The molecular formula is C62H32BN3. The minimum Gasteiger partial charge on any atom is -0.310 e. The van der Waals surface area contributed by atoms with Gasteiger partial charge in [0.2, 0.25) is 0 Å². The largest absolute Gasteiger partial charge is 0.310 e. The maximum atomic E-state index is 2.68. The minimum atomic E-state index is 0.00684. The van der Waals surface area contributed by atoms with Crippen molar-refractivity contribution in [2.24, 2.45) is 0 Å². The maximum absolute atomic E-state index is 2.68. The summed E-state index contributed by atoms with van der Waals surface area (Å²) in [6.45, 7) is 0.00684. The average molecular weight is 830 g/mol. The van der Waals surface area contributed by atoms with Crippen LogP contribution in [0.2, 0.25) is 0 Å². The van der Waals surface area contributed by atoms with E-state index in [0.717, 1.165) is 0 Å². The van der Waals surface area contributed by atoms with Crippen LogP contribution in [0.15, 0.2) is 194 Å². The Kier molecular flexibility index (Phi) is 5.50. The number of hydrogen-bond acceptors (Lipinski definition) is 0. The Morgan fingerprint density at radius 3 is 1.20 bits per heavy atom. The second-order valence-electron chi connectivity index (χ2n) is 19.0. The van der Waals surface area contributed by atoms with Gasteiger partial charge in [-0.1, -0.05) is 158 Å². The highest BCUT2D eigenvalue weighted by Gasteiger charge is 2.43. The molecule has 0 N–H and O–H groups in total. The molecule has 11 aromatic carbocycles. The predicted octanol–water partition coefficient (Wildman–Crippen LogP) is 13.7. The smallest absolute Gasteiger partial charge is 0.252 e. The van der Waals surface area contributed by atoms with Crippen molar-refractivity contribution in [3.05, 3.63) is 194 Å². The Hall–Kier alpha value is -8.60. The summed E-state index contributed by atoms with van der Waals surface area (Å²) in [5, 5.41) is 13.2. The molecule has 0 bridgehead atoms. The van der Waals surface area contributed by atoms with Gasteiger partial charge in [-0.3, -0.25) is 0 Å². The van der Waals surface area contributed by atoms with E-state index < -0.39 is 0 Å². The number of nitrogens with zero attached hydrogens (tertiary/aromatic N) is 3. The number of fused-ring (bicyclic) bond motifs is 15. The van der Waals surface area contributed by atoms with Crippen LogP contribution < -0.4 is 16.4 Å². The Morgan fingerprint density at radius 1 is 0.288 bits per heavy atom. The zero-order valence-corrected chi connectivity index (χ0v) is 35.4. The first kappa shape index (κ1) is 33.0. The summed E-state index contributed by atoms with van der Waals surface area (Å²) in [5.74, 6) is 0. The van der Waals surface area contributed by atoms with Gasteiger partial charge in [-0.05, 0) is 119 Å². The number of aromatic nitrogens is 3. The quantitative estimate of drug-likeness (QED) is 0.146. The van der Waals surface area contributed by atoms with Crippen molar-refractivity contribution in [1.29, 1.82) is 0 Å². The van der Waals surface area contributed by atoms with E-state index in [2.05, 4.69) is 208 Å². The van der Waals surface area contributed by atoms with Crippen molar-refractivity contribution in [3.63, 3.8) is 0 Å². The lowest BCUT2D eigenvalue weighted by Gasteiger charge is -2.35. The predicted molar refractivity (Wildman–Crippen MR) is 278 cm³/mol. The Bertz CT molecular complexity index is 4420. The molecule has 3 nitrogen and oxygen atoms in total. The zero-order chi connectivity index (χ0) is 42.3. The van der Waals surface area contributed by atoms with Crippen molar-refractivity contribution in [3.8, 4) is 61.6 Å². The van der Waals surface area contributed by atoms with E-state index in [9.17, 15) is 0 Å². The van der Waals surface area contributed by atoms with Crippen LogP contribution in [0.1, 0.15) is 0 Å². The van der Waals surface area contributed by atoms with Gasteiger partial charge in [0.1, 0.15) is 0 Å². The lowest BCUT2D eigenvalue weighted by molar-refractivity contribution is 1.10. The molecule has 298 valence electrons. The van der Waals surface area contributed by atoms with Crippen molar-refractivity contribution in [1.82, 2.24) is 13.7 Å². The summed E-state index contributed by atoms with van der Waals surface area (Å²) in [5.41, 5.74) is 25.9. The lowest BCUT2D eigenvalue weighted by atomic mass is 9.34. The average Bonchev–Trinajstić information content (AvgIpc) is 3.98. The van der Waals surface area contributed by atoms with E-state index in [1.807, 2.05) is 0 Å². The summed E-state index contributed by atoms with van der Waals surface area (Å²) >= 11 is 0. The van der Waals surface area contributed by atoms with Crippen molar-refractivity contribution in [2.45, 2.75) is 0 Å². The van der Waals surface area contributed by atoms with Gasteiger partial charge < -0.3 is 13.7 Å². The highest BCUT2D eigenvalue weighted by molar-refractivity contribution is 7.00. The van der Waals surface area contributed by atoms with Crippen LogP contribution in [-0.4, -0.2) is 20.4 Å². The Balaban J connectivity index is 1.10. The standard InChI is InChI=1S/C62H32BN3/c1-3-15-38-36(13-1)42-19-9-11-33-23-29-50-58(54(33)42)56-44(38)25-27-46-61(56)65(50)52-31-35(64-48-21-7-5-17-40(48)41-18-6-8-22-49(41)64)32-53-60(52)63(46)47-28-26-45-39-16-4-2-14-37(39)43-20-10-12-34-24-30-51-59(55(34)43)57(45)62(47)66(51)53/h1-32H. The maximum Gasteiger partial charge on any atom is 0.252 e. The summed E-state index contributed by atoms with van der Waals surface area (Å²) in [6.07, 6.45) is 0. The van der Waals surface area contributed by atoms with Gasteiger partial charge in [-0.15, -0.1) is 0 Å². The number of para-hydroxylation sites is 2. The molecular weight excluding hydrogens is 798 g/mol. The van der Waals surface area contributed by atoms with Crippen molar-refractivity contribution in [2.75, 3.05) is 0 Å². The molecule has 0 amide bonds. The molecule has 0 saturated heterocycles. The van der Waals surface area contributed by atoms with Gasteiger partial charge in [0, 0.05) is 43.7 Å². The summed E-state index contributed by atoms with van der Waals surface area (Å²) in [7, 11) is 0. The fourth-order valence-corrected chi connectivity index (χ4v) is 13.9. The first-order valence-electron chi connectivity index (χ1n) is 23.2. The number of hydrogen-bond donors (Lipinski definition) is 0. The first-order valence-corrected chi connectivity index (χ1v) is 23.2. The molecule has 4 aliphatic rings. The van der Waals surface area contributed by atoms with Crippen LogP contribution in [0.3, 0.4) is 0 Å². The first-order chi connectivity index (χ1) is 32.8. The van der Waals surface area contributed by atoms with Crippen LogP contribution in [0.4, 0.5) is 0 Å². The molecule has 0 radical (unpaired) electrons. The molecule has 2 aliphatic carbocycles. The summed E-state index contributed by atoms with van der Waals surface area (Å²) in [4.78, 5) is 0. The third-order valence-electron chi connectivity index (χ3n) is 16.3. The highest BCUT2D eigenvalue weighted by atomic mass is 15.1. The molecule has 5 heterocycles. The molecule has 0 unspecified atom stereocenters. The number of rotatable bonds is 1. The molecule has 66 heavy (non-hydrogen) atoms. The van der Waals surface area contributed by atoms with Crippen LogP contribution >= 0.6 is 0 Å². The fraction of sp³-hybridized carbons (Fsp3) is 0. The molecule has 0 atom stereocenters. The van der Waals surface area contributed by atoms with Gasteiger partial charge in [-0.25, -0.2) is 0 Å². The zero-order valence-electron chi connectivity index (χ0n) is 35.4. The lowest BCUT2D eigenvalue weighted by Crippen LogP contribution is -2.59. The van der Waals surface area contributed by atoms with Gasteiger partial charge in [0.05, 0.1) is 38.8 Å². The minimum absolute atomic E-state index is 0.00684. The third kappa shape index (κ3) is 3.53. The second-order valence-corrected chi connectivity index (χ2v) is 19.0. The highest BCUT2D eigenvalue weighted by Crippen LogP contribution is 2.53. The van der Waals surface area contributed by atoms with E-state index >= 15 is 0 Å². The molecule has 18 rings (SSSR count). The molecule has 0 saturated carbocycles. The van der Waals surface area contributed by atoms with Gasteiger partial charge in [0.15, 0.2) is 0 Å². The van der Waals surface area contributed by atoms with Crippen molar-refractivity contribution < 1.29 is 0 Å². The van der Waals surface area contributed by atoms with Crippen LogP contribution in [0.5, 0.6) is 0 Å². The topological polar surface area (TPSA) is 14.8 Å². The van der Waals surface area contributed by atoms with Gasteiger partial charge in [0.25, 0.3) is 6.71 Å². The van der Waals surface area contributed by atoms with E-state index in [4.69, 9.17) is 0 Å². The van der Waals surface area contributed by atoms with E-state index in [0.29, 0.717) is 0 Å². The van der Waals surface area contributed by atoms with E-state index in [-0.39, 0.29) is 6.71 Å². The van der Waals surface area contributed by atoms with Gasteiger partial charge in [-0.2, -0.15) is 0 Å². The molecule has 4 heteroatoms. The second kappa shape index (κ2) is 11.0. The summed E-state index contributed by atoms with van der Waals surface area (Å²) in [6, 6.07) is 74.4. The molecule has 0 fully saturated rings. The SMILES string of the molecule is c1ccc2c(c1)-c1cccc3ccc4c(c13)c1c-2ccc2c1n4-c1cc(-n3c4ccccc4c4ccccc43)cc3c1B2c1ccc2c4c5c6c(cccc6ccc5n-3c14)-c1ccccc1-2. The van der Waals surface area contributed by atoms with Crippen LogP contribution in [-0.2, 0) is 0 Å². The summed E-state index contributed by atoms with van der Waals surface area (Å²) < 4.78 is 7.88. The van der Waals surface area contributed by atoms with E-state index in [1.165, 1.54) is 165 Å². The molecule has 2 aliphatic heterocycles. The van der Waals surface area contributed by atoms with E-state index in [1.54, 1.807) is 0 Å². The van der Waals surface area contributed by atoms with Crippen LogP contribution in [0.25, 0.3) is 149 Å².